The number of hydrogen-bond acceptors (Lipinski definition) is 7. The highest BCUT2D eigenvalue weighted by molar-refractivity contribution is 6.29. The van der Waals surface area contributed by atoms with Crippen LogP contribution in [0, 0.1) is 5.41 Å². The van der Waals surface area contributed by atoms with Gasteiger partial charge in [0.05, 0.1) is 17.3 Å². The van der Waals surface area contributed by atoms with Gasteiger partial charge in [-0.05, 0) is 75.2 Å². The third kappa shape index (κ3) is 8.89. The average molecular weight is 571 g/mol. The number of likely N-dealkylation sites (tertiary alicyclic amines) is 1. The molecule has 9 heteroatoms. The van der Waals surface area contributed by atoms with E-state index < -0.39 is 0 Å². The summed E-state index contributed by atoms with van der Waals surface area (Å²) in [5, 5.41) is 15.6. The third-order valence-electron chi connectivity index (χ3n) is 7.27. The van der Waals surface area contributed by atoms with Crippen LogP contribution in [0.4, 0.5) is 0 Å². The molecule has 42 heavy (non-hydrogen) atoms. The predicted molar refractivity (Wildman–Crippen MR) is 168 cm³/mol. The molecule has 2 aliphatic heterocycles. The van der Waals surface area contributed by atoms with E-state index in [9.17, 15) is 4.79 Å². The number of rotatable bonds is 11. The number of ether oxygens (including phenoxy) is 2. The van der Waals surface area contributed by atoms with Gasteiger partial charge in [-0.15, -0.1) is 0 Å². The number of amidine groups is 1. The Morgan fingerprint density at radius 2 is 1.86 bits per heavy atom. The fourth-order valence-electron chi connectivity index (χ4n) is 5.08. The number of carbonyl (C=O) groups excluding carboxylic acids is 1. The Bertz CT molecular complexity index is 1290. The van der Waals surface area contributed by atoms with E-state index in [1.165, 1.54) is 6.20 Å². The van der Waals surface area contributed by atoms with Crippen LogP contribution in [0.3, 0.4) is 0 Å². The van der Waals surface area contributed by atoms with E-state index in [4.69, 9.17) is 25.6 Å². The van der Waals surface area contributed by atoms with Crippen LogP contribution in [0.5, 0.6) is 11.5 Å². The number of benzene rings is 2. The van der Waals surface area contributed by atoms with Crippen LogP contribution < -0.4 is 21.1 Å². The molecular formula is C33H42N6O3. The van der Waals surface area contributed by atoms with Crippen molar-refractivity contribution in [3.05, 3.63) is 96.4 Å². The van der Waals surface area contributed by atoms with E-state index in [-0.39, 0.29) is 17.7 Å². The molecule has 2 aromatic rings. The first-order chi connectivity index (χ1) is 20.4. The van der Waals surface area contributed by atoms with Crippen molar-refractivity contribution < 1.29 is 14.3 Å². The average Bonchev–Trinajstić information content (AvgIpc) is 3.01. The van der Waals surface area contributed by atoms with Crippen molar-refractivity contribution in [2.24, 2.45) is 10.7 Å². The summed E-state index contributed by atoms with van der Waals surface area (Å²) in [6.45, 7) is 8.98. The number of nitrogens with zero attached hydrogens (tertiary/aromatic N) is 2. The number of amides is 1. The van der Waals surface area contributed by atoms with Gasteiger partial charge in [-0.3, -0.25) is 15.2 Å². The molecule has 2 saturated heterocycles. The molecule has 1 atom stereocenters. The van der Waals surface area contributed by atoms with E-state index in [0.29, 0.717) is 54.1 Å². The second kappa shape index (κ2) is 15.7. The molecule has 1 unspecified atom stereocenters. The lowest BCUT2D eigenvalue weighted by Crippen LogP contribution is -2.42. The SMILES string of the molecule is C=CNC(=NC1CCCN(C(=O)/C=C/CNC2CCOCC2)C1)/C(C(=N)c1ccc(Oc2ccccc2)cc1)=C(\C)N. The van der Waals surface area contributed by atoms with E-state index >= 15 is 0 Å². The van der Waals surface area contributed by atoms with Crippen molar-refractivity contribution in [3.8, 4) is 11.5 Å². The lowest BCUT2D eigenvalue weighted by atomic mass is 9.99. The lowest BCUT2D eigenvalue weighted by Gasteiger charge is -2.31. The van der Waals surface area contributed by atoms with Gasteiger partial charge < -0.3 is 30.7 Å². The smallest absolute Gasteiger partial charge is 0.246 e. The lowest BCUT2D eigenvalue weighted by molar-refractivity contribution is -0.127. The zero-order valence-electron chi connectivity index (χ0n) is 24.4. The van der Waals surface area contributed by atoms with Crippen molar-refractivity contribution in [3.63, 3.8) is 0 Å². The van der Waals surface area contributed by atoms with E-state index in [1.807, 2.05) is 65.6 Å². The summed E-state index contributed by atoms with van der Waals surface area (Å²) in [7, 11) is 0. The molecule has 0 bridgehead atoms. The number of nitrogens with two attached hydrogens (primary N) is 1. The van der Waals surface area contributed by atoms with Gasteiger partial charge >= 0.3 is 0 Å². The quantitative estimate of drug-likeness (QED) is 0.179. The summed E-state index contributed by atoms with van der Waals surface area (Å²) in [6.07, 6.45) is 8.75. The summed E-state index contributed by atoms with van der Waals surface area (Å²) >= 11 is 0. The van der Waals surface area contributed by atoms with Gasteiger partial charge in [0.2, 0.25) is 5.91 Å². The summed E-state index contributed by atoms with van der Waals surface area (Å²) in [5.74, 6) is 1.87. The summed E-state index contributed by atoms with van der Waals surface area (Å²) < 4.78 is 11.3. The second-order valence-corrected chi connectivity index (χ2v) is 10.5. The van der Waals surface area contributed by atoms with Gasteiger partial charge in [0.25, 0.3) is 0 Å². The molecule has 1 amide bonds. The minimum atomic E-state index is -0.136. The number of carbonyl (C=O) groups is 1. The molecule has 4 rings (SSSR count). The van der Waals surface area contributed by atoms with Gasteiger partial charge in [0.1, 0.15) is 17.3 Å². The first kappa shape index (κ1) is 30.7. The number of hydrogen-bond donors (Lipinski definition) is 4. The number of piperidine rings is 1. The largest absolute Gasteiger partial charge is 0.457 e. The van der Waals surface area contributed by atoms with Crippen molar-refractivity contribution in [2.45, 2.75) is 44.7 Å². The first-order valence-electron chi connectivity index (χ1n) is 14.6. The van der Waals surface area contributed by atoms with Gasteiger partial charge in [-0.1, -0.05) is 30.9 Å². The van der Waals surface area contributed by atoms with Crippen molar-refractivity contribution in [2.75, 3.05) is 32.8 Å². The minimum absolute atomic E-state index is 0.0155. The van der Waals surface area contributed by atoms with Gasteiger partial charge in [0.15, 0.2) is 0 Å². The van der Waals surface area contributed by atoms with Crippen LogP contribution in [-0.4, -0.2) is 67.3 Å². The van der Waals surface area contributed by atoms with Crippen molar-refractivity contribution >= 4 is 17.5 Å². The highest BCUT2D eigenvalue weighted by atomic mass is 16.5. The topological polar surface area (TPSA) is 125 Å². The molecule has 9 nitrogen and oxygen atoms in total. The summed E-state index contributed by atoms with van der Waals surface area (Å²) in [6, 6.07) is 17.2. The van der Waals surface area contributed by atoms with Crippen molar-refractivity contribution in [1.29, 1.82) is 5.41 Å². The molecule has 0 aliphatic carbocycles. The van der Waals surface area contributed by atoms with Crippen LogP contribution in [-0.2, 0) is 9.53 Å². The second-order valence-electron chi connectivity index (χ2n) is 10.5. The van der Waals surface area contributed by atoms with E-state index in [0.717, 1.165) is 44.6 Å². The van der Waals surface area contributed by atoms with Crippen LogP contribution >= 0.6 is 0 Å². The van der Waals surface area contributed by atoms with Gasteiger partial charge in [0, 0.05) is 56.2 Å². The normalized spacial score (nSPS) is 18.8. The number of nitrogens with one attached hydrogen (secondary N) is 3. The van der Waals surface area contributed by atoms with Crippen LogP contribution in [0.1, 0.15) is 38.2 Å². The maximum atomic E-state index is 12.9. The van der Waals surface area contributed by atoms with Crippen LogP contribution in [0.2, 0.25) is 0 Å². The third-order valence-corrected chi connectivity index (χ3v) is 7.27. The molecule has 2 heterocycles. The van der Waals surface area contributed by atoms with Gasteiger partial charge in [-0.2, -0.15) is 0 Å². The Morgan fingerprint density at radius 3 is 2.55 bits per heavy atom. The molecule has 222 valence electrons. The molecule has 5 N–H and O–H groups in total. The number of aliphatic imine (C=N–C) groups is 1. The molecule has 2 aliphatic rings. The van der Waals surface area contributed by atoms with Crippen molar-refractivity contribution in [1.82, 2.24) is 15.5 Å². The van der Waals surface area contributed by atoms with Crippen LogP contribution in [0.15, 0.2) is 95.8 Å². The minimum Gasteiger partial charge on any atom is -0.457 e. The molecule has 0 saturated carbocycles. The zero-order chi connectivity index (χ0) is 29.7. The molecule has 0 spiro atoms. The Balaban J connectivity index is 1.41. The fraction of sp³-hybridized carbons (Fsp3) is 0.364. The standard InChI is InChI=1S/C33H42N6O3/c1-3-36-33(31(24(2)34)32(35)25-13-15-29(16-14-25)42-28-10-5-4-6-11-28)38-27-9-8-20-39(23-27)30(40)12-7-19-37-26-17-21-41-22-18-26/h3-7,10-16,26-27,35,37H,1,8-9,17-23,34H2,2H3,(H,36,38)/b12-7+,31-24+,35-32?. The maximum Gasteiger partial charge on any atom is 0.246 e. The van der Waals surface area contributed by atoms with E-state index in [1.54, 1.807) is 13.0 Å². The Kier molecular flexibility index (Phi) is 11.5. The number of para-hydroxylation sites is 1. The monoisotopic (exact) mass is 570 g/mol. The first-order valence-corrected chi connectivity index (χ1v) is 14.6. The molecular weight excluding hydrogens is 528 g/mol. The Hall–Kier alpha value is -4.21. The summed E-state index contributed by atoms with van der Waals surface area (Å²) in [5.41, 5.74) is 8.18. The highest BCUT2D eigenvalue weighted by Gasteiger charge is 2.24. The number of allylic oxidation sites excluding steroid dienone is 1. The predicted octanol–water partition coefficient (Wildman–Crippen LogP) is 4.53. The van der Waals surface area contributed by atoms with Crippen LogP contribution in [0.25, 0.3) is 0 Å². The summed E-state index contributed by atoms with van der Waals surface area (Å²) in [4.78, 5) is 19.7. The molecule has 2 aromatic carbocycles. The van der Waals surface area contributed by atoms with Gasteiger partial charge in [-0.25, -0.2) is 0 Å². The molecule has 2 fully saturated rings. The molecule has 0 aromatic heterocycles. The Morgan fingerprint density at radius 1 is 1.14 bits per heavy atom. The highest BCUT2D eigenvalue weighted by Crippen LogP contribution is 2.23. The zero-order valence-corrected chi connectivity index (χ0v) is 24.4. The fourth-order valence-corrected chi connectivity index (χ4v) is 5.08. The maximum absolute atomic E-state index is 12.9. The Labute approximate surface area is 248 Å². The van der Waals surface area contributed by atoms with E-state index in [2.05, 4.69) is 17.2 Å². The molecule has 0 radical (unpaired) electrons.